The minimum atomic E-state index is 0.223. The normalized spacial score (nSPS) is 12.7. The summed E-state index contributed by atoms with van der Waals surface area (Å²) in [7, 11) is 1.96. The quantitative estimate of drug-likeness (QED) is 0.710. The summed E-state index contributed by atoms with van der Waals surface area (Å²) < 4.78 is 2.17. The molecule has 0 spiro atoms. The molecule has 1 nitrogen and oxygen atoms in total. The number of thiophene rings is 1. The number of hydrogen-bond donors (Lipinski definition) is 1. The zero-order valence-electron chi connectivity index (χ0n) is 9.71. The summed E-state index contributed by atoms with van der Waals surface area (Å²) in [5, 5.41) is 6.21. The van der Waals surface area contributed by atoms with Crippen LogP contribution in [-0.2, 0) is 6.42 Å². The molecule has 1 aromatic heterocycles. The first-order valence-corrected chi connectivity index (χ1v) is 8.30. The monoisotopic (exact) mass is 407 g/mol. The van der Waals surface area contributed by atoms with E-state index in [2.05, 4.69) is 54.7 Å². The third-order valence-electron chi connectivity index (χ3n) is 2.77. The molecule has 0 aliphatic carbocycles. The van der Waals surface area contributed by atoms with E-state index in [4.69, 9.17) is 11.6 Å². The Morgan fingerprint density at radius 3 is 2.67 bits per heavy atom. The first-order valence-electron chi connectivity index (χ1n) is 5.46. The molecule has 1 atom stereocenters. The number of hydrogen-bond acceptors (Lipinski definition) is 2. The van der Waals surface area contributed by atoms with E-state index < -0.39 is 0 Å². The average Bonchev–Trinajstić information content (AvgIpc) is 2.73. The summed E-state index contributed by atoms with van der Waals surface area (Å²) in [6.07, 6.45) is 0.927. The Balaban J connectivity index is 2.26. The third kappa shape index (κ3) is 3.36. The topological polar surface area (TPSA) is 12.0 Å². The van der Waals surface area contributed by atoms with Gasteiger partial charge in [0.25, 0.3) is 0 Å². The van der Waals surface area contributed by atoms with Crippen molar-refractivity contribution in [2.24, 2.45) is 0 Å². The first kappa shape index (κ1) is 14.5. The lowest BCUT2D eigenvalue weighted by Crippen LogP contribution is -2.19. The van der Waals surface area contributed by atoms with Gasteiger partial charge in [-0.2, -0.15) is 0 Å². The van der Waals surface area contributed by atoms with E-state index in [1.807, 2.05) is 19.2 Å². The van der Waals surface area contributed by atoms with Gasteiger partial charge in [0.05, 0.1) is 0 Å². The lowest BCUT2D eigenvalue weighted by Gasteiger charge is -2.18. The Hall–Kier alpha value is 0.130. The van der Waals surface area contributed by atoms with Crippen LogP contribution in [0.15, 0.2) is 38.6 Å². The van der Waals surface area contributed by atoms with Crippen LogP contribution < -0.4 is 5.32 Å². The molecule has 1 heterocycles. The molecule has 0 saturated heterocycles. The molecule has 0 saturated carbocycles. The van der Waals surface area contributed by atoms with Crippen molar-refractivity contribution in [2.45, 2.75) is 12.5 Å². The third-order valence-corrected chi connectivity index (χ3v) is 5.54. The van der Waals surface area contributed by atoms with E-state index in [-0.39, 0.29) is 6.04 Å². The van der Waals surface area contributed by atoms with Gasteiger partial charge in [0.2, 0.25) is 0 Å². The van der Waals surface area contributed by atoms with E-state index in [9.17, 15) is 0 Å². The van der Waals surface area contributed by atoms with Crippen molar-refractivity contribution in [3.8, 4) is 0 Å². The highest BCUT2D eigenvalue weighted by molar-refractivity contribution is 9.10. The van der Waals surface area contributed by atoms with Gasteiger partial charge in [-0.3, -0.25) is 0 Å². The fourth-order valence-corrected chi connectivity index (χ4v) is 4.17. The molecule has 0 aliphatic rings. The first-order chi connectivity index (χ1) is 8.61. The molecule has 1 aromatic carbocycles. The summed E-state index contributed by atoms with van der Waals surface area (Å²) in [6, 6.07) is 8.32. The van der Waals surface area contributed by atoms with Gasteiger partial charge in [0.1, 0.15) is 0 Å². The molecule has 5 heteroatoms. The maximum Gasteiger partial charge on any atom is 0.0465 e. The summed E-state index contributed by atoms with van der Waals surface area (Å²) in [5.41, 5.74) is 1.13. The van der Waals surface area contributed by atoms with Crippen LogP contribution in [0.1, 0.15) is 16.5 Å². The van der Waals surface area contributed by atoms with Crippen LogP contribution in [0, 0.1) is 0 Å². The maximum absolute atomic E-state index is 6.30. The number of halogens is 3. The van der Waals surface area contributed by atoms with Crippen molar-refractivity contribution in [1.29, 1.82) is 0 Å². The fourth-order valence-electron chi connectivity index (χ4n) is 1.81. The Morgan fingerprint density at radius 2 is 2.11 bits per heavy atom. The number of rotatable bonds is 4. The van der Waals surface area contributed by atoms with Gasteiger partial charge in [-0.1, -0.05) is 33.6 Å². The number of benzene rings is 1. The predicted molar refractivity (Wildman–Crippen MR) is 86.7 cm³/mol. The number of nitrogens with one attached hydrogen (secondary N) is 1. The van der Waals surface area contributed by atoms with Gasteiger partial charge in [-0.05, 0) is 52.1 Å². The molecular weight excluding hydrogens is 397 g/mol. The molecule has 2 aromatic rings. The van der Waals surface area contributed by atoms with Crippen molar-refractivity contribution in [3.63, 3.8) is 0 Å². The van der Waals surface area contributed by atoms with Crippen molar-refractivity contribution in [3.05, 3.63) is 54.1 Å². The predicted octanol–water partition coefficient (Wildman–Crippen LogP) is 5.43. The van der Waals surface area contributed by atoms with E-state index >= 15 is 0 Å². The molecule has 2 rings (SSSR count). The zero-order chi connectivity index (χ0) is 13.1. The molecule has 1 unspecified atom stereocenters. The highest BCUT2D eigenvalue weighted by Crippen LogP contribution is 2.32. The van der Waals surface area contributed by atoms with Gasteiger partial charge in [-0.25, -0.2) is 0 Å². The second kappa shape index (κ2) is 6.53. The minimum Gasteiger partial charge on any atom is -0.313 e. The summed E-state index contributed by atoms with van der Waals surface area (Å²) in [5.74, 6) is 0. The molecule has 96 valence electrons. The standard InChI is InChI=1S/C13H12Br2ClNS/c1-17-12(7-13-10(15)4-5-18-13)9-3-2-8(14)6-11(9)16/h2-6,12,17H,7H2,1H3. The van der Waals surface area contributed by atoms with Gasteiger partial charge in [-0.15, -0.1) is 11.3 Å². The highest BCUT2D eigenvalue weighted by atomic mass is 79.9. The van der Waals surface area contributed by atoms with Crippen molar-refractivity contribution < 1.29 is 0 Å². The molecule has 1 N–H and O–H groups in total. The summed E-state index contributed by atoms with van der Waals surface area (Å²) in [4.78, 5) is 1.33. The van der Waals surface area contributed by atoms with Crippen molar-refractivity contribution in [1.82, 2.24) is 5.32 Å². The largest absolute Gasteiger partial charge is 0.313 e. The summed E-state index contributed by atoms with van der Waals surface area (Å²) in [6.45, 7) is 0. The van der Waals surface area contributed by atoms with E-state index in [0.29, 0.717) is 0 Å². The maximum atomic E-state index is 6.30. The van der Waals surface area contributed by atoms with E-state index in [0.717, 1.165) is 21.5 Å². The Labute approximate surface area is 133 Å². The van der Waals surface area contributed by atoms with Crippen LogP contribution >= 0.6 is 54.8 Å². The van der Waals surface area contributed by atoms with Crippen LogP contribution in [0.3, 0.4) is 0 Å². The molecule has 0 amide bonds. The van der Waals surface area contributed by atoms with Crippen LogP contribution in [-0.4, -0.2) is 7.05 Å². The van der Waals surface area contributed by atoms with Gasteiger partial charge in [0, 0.05) is 31.3 Å². The van der Waals surface area contributed by atoms with Crippen LogP contribution in [0.2, 0.25) is 5.02 Å². The highest BCUT2D eigenvalue weighted by Gasteiger charge is 2.15. The Kier molecular flexibility index (Phi) is 5.27. The zero-order valence-corrected chi connectivity index (χ0v) is 14.5. The lowest BCUT2D eigenvalue weighted by molar-refractivity contribution is 0.596. The van der Waals surface area contributed by atoms with Gasteiger partial charge in [0.15, 0.2) is 0 Å². The van der Waals surface area contributed by atoms with Crippen LogP contribution in [0.4, 0.5) is 0 Å². The molecular formula is C13H12Br2ClNS. The molecule has 18 heavy (non-hydrogen) atoms. The minimum absolute atomic E-state index is 0.223. The average molecular weight is 410 g/mol. The van der Waals surface area contributed by atoms with Gasteiger partial charge < -0.3 is 5.32 Å². The Bertz CT molecular complexity index is 542. The van der Waals surface area contributed by atoms with Crippen LogP contribution in [0.5, 0.6) is 0 Å². The van der Waals surface area contributed by atoms with Crippen molar-refractivity contribution >= 4 is 54.8 Å². The van der Waals surface area contributed by atoms with Gasteiger partial charge >= 0.3 is 0 Å². The molecule has 0 aliphatic heterocycles. The SMILES string of the molecule is CNC(Cc1sccc1Br)c1ccc(Br)cc1Cl. The second-order valence-electron chi connectivity index (χ2n) is 3.90. The van der Waals surface area contributed by atoms with Crippen molar-refractivity contribution in [2.75, 3.05) is 7.05 Å². The Morgan fingerprint density at radius 1 is 1.33 bits per heavy atom. The van der Waals surface area contributed by atoms with E-state index in [1.54, 1.807) is 11.3 Å². The smallest absolute Gasteiger partial charge is 0.0465 e. The molecule has 0 radical (unpaired) electrons. The fraction of sp³-hybridized carbons (Fsp3) is 0.231. The van der Waals surface area contributed by atoms with Crippen LogP contribution in [0.25, 0.3) is 0 Å². The number of likely N-dealkylation sites (N-methyl/N-ethyl adjacent to an activating group) is 1. The lowest BCUT2D eigenvalue weighted by atomic mass is 10.0. The molecule has 0 fully saturated rings. The van der Waals surface area contributed by atoms with E-state index in [1.165, 1.54) is 9.35 Å². The summed E-state index contributed by atoms with van der Waals surface area (Å²) >= 11 is 15.1. The second-order valence-corrected chi connectivity index (χ2v) is 7.08. The molecule has 0 bridgehead atoms.